The van der Waals surface area contributed by atoms with Gasteiger partial charge in [-0.05, 0) is 84.2 Å². The molecule has 3 aromatic carbocycles. The van der Waals surface area contributed by atoms with Crippen molar-refractivity contribution < 1.29 is 38.1 Å². The average molecular weight is 667 g/mol. The van der Waals surface area contributed by atoms with Crippen LogP contribution in [-0.4, -0.2) is 50.2 Å². The maximum absolute atomic E-state index is 13.6. The van der Waals surface area contributed by atoms with Crippen LogP contribution in [-0.2, 0) is 14.4 Å². The predicted molar refractivity (Wildman–Crippen MR) is 168 cm³/mol. The lowest BCUT2D eigenvalue weighted by Crippen LogP contribution is -2.54. The van der Waals surface area contributed by atoms with E-state index < -0.39 is 17.8 Å². The van der Waals surface area contributed by atoms with Gasteiger partial charge in [0.2, 0.25) is 0 Å². The molecule has 0 aliphatic carbocycles. The van der Waals surface area contributed by atoms with Gasteiger partial charge in [0.15, 0.2) is 29.6 Å². The zero-order valence-corrected chi connectivity index (χ0v) is 26.1. The number of hydrogen-bond acceptors (Lipinski definition) is 8. The van der Waals surface area contributed by atoms with Gasteiger partial charge < -0.3 is 24.3 Å². The summed E-state index contributed by atoms with van der Waals surface area (Å²) in [6.07, 6.45) is 2.13. The summed E-state index contributed by atoms with van der Waals surface area (Å²) >= 11 is 3.44. The molecule has 3 aromatic rings. The van der Waals surface area contributed by atoms with Gasteiger partial charge in [-0.15, -0.1) is 0 Å². The van der Waals surface area contributed by atoms with Crippen LogP contribution in [0, 0.1) is 0 Å². The topological polar surface area (TPSA) is 132 Å². The molecule has 12 heteroatoms. The minimum Gasteiger partial charge on any atom is -0.490 e. The summed E-state index contributed by atoms with van der Waals surface area (Å²) in [6.45, 7) is 6.34. The number of benzene rings is 3. The summed E-state index contributed by atoms with van der Waals surface area (Å²) < 4.78 is 23.3. The summed E-state index contributed by atoms with van der Waals surface area (Å²) in [7, 11) is 0. The van der Waals surface area contributed by atoms with Gasteiger partial charge in [0.05, 0.1) is 30.0 Å². The number of imide groups is 2. The predicted octanol–water partition coefficient (Wildman–Crippen LogP) is 5.72. The van der Waals surface area contributed by atoms with Crippen LogP contribution in [0.15, 0.2) is 70.7 Å². The molecule has 0 spiro atoms. The first-order valence-corrected chi connectivity index (χ1v) is 14.8. The van der Waals surface area contributed by atoms with Crippen molar-refractivity contribution in [2.45, 2.75) is 27.2 Å². The van der Waals surface area contributed by atoms with E-state index in [0.29, 0.717) is 40.4 Å². The first kappa shape index (κ1) is 32.1. The summed E-state index contributed by atoms with van der Waals surface area (Å²) in [5.41, 5.74) is 0.962. The van der Waals surface area contributed by atoms with Crippen molar-refractivity contribution in [2.75, 3.05) is 36.6 Å². The number of hydrogen-bond donors (Lipinski definition) is 2. The first-order chi connectivity index (χ1) is 21.2. The number of anilines is 2. The maximum atomic E-state index is 13.6. The monoisotopic (exact) mass is 665 g/mol. The van der Waals surface area contributed by atoms with Gasteiger partial charge >= 0.3 is 6.03 Å². The van der Waals surface area contributed by atoms with Crippen LogP contribution in [0.5, 0.6) is 23.0 Å². The lowest BCUT2D eigenvalue weighted by Gasteiger charge is -2.27. The molecule has 0 bridgehead atoms. The van der Waals surface area contributed by atoms with Crippen molar-refractivity contribution in [2.24, 2.45) is 0 Å². The number of nitrogens with one attached hydrogen (secondary N) is 2. The molecule has 0 radical (unpaired) electrons. The molecule has 1 aliphatic heterocycles. The highest BCUT2D eigenvalue weighted by molar-refractivity contribution is 9.10. The minimum absolute atomic E-state index is 0.201. The zero-order chi connectivity index (χ0) is 31.6. The second-order valence-corrected chi connectivity index (χ2v) is 10.2. The van der Waals surface area contributed by atoms with Crippen LogP contribution in [0.3, 0.4) is 0 Å². The van der Waals surface area contributed by atoms with Crippen molar-refractivity contribution in [3.05, 3.63) is 76.3 Å². The maximum Gasteiger partial charge on any atom is 0.335 e. The van der Waals surface area contributed by atoms with Crippen LogP contribution in [0.4, 0.5) is 16.2 Å². The van der Waals surface area contributed by atoms with E-state index in [1.165, 1.54) is 12.1 Å². The Labute approximate surface area is 263 Å². The second kappa shape index (κ2) is 15.1. The number of amides is 5. The summed E-state index contributed by atoms with van der Waals surface area (Å²) in [5, 5.41) is 4.97. The molecule has 0 aromatic heterocycles. The van der Waals surface area contributed by atoms with E-state index in [-0.39, 0.29) is 41.9 Å². The number of rotatable bonds is 13. The summed E-state index contributed by atoms with van der Waals surface area (Å²) in [5.74, 6) is -0.665. The largest absolute Gasteiger partial charge is 0.490 e. The molecular weight excluding hydrogens is 634 g/mol. The Morgan fingerprint density at radius 1 is 0.886 bits per heavy atom. The lowest BCUT2D eigenvalue weighted by molar-refractivity contribution is -0.122. The molecule has 1 heterocycles. The standard InChI is InChI=1S/C32H32BrN3O8/c1-4-14-43-25-13-12-22(18-26(25)41-5-2)36-31(39)23(30(38)35-32(36)40)15-20-16-24(33)29(27(17-20)42-6-3)44-19-28(37)34-21-10-8-7-9-11-21/h7-13,15-18H,4-6,14,19H2,1-3H3,(H,34,37)(H,35,38,40)/b23-15+. The number of ether oxygens (including phenoxy) is 4. The van der Waals surface area contributed by atoms with Crippen molar-refractivity contribution in [3.63, 3.8) is 0 Å². The molecule has 4 rings (SSSR count). The summed E-state index contributed by atoms with van der Waals surface area (Å²) in [4.78, 5) is 52.5. The molecule has 44 heavy (non-hydrogen) atoms. The average Bonchev–Trinajstić information content (AvgIpc) is 2.99. The zero-order valence-electron chi connectivity index (χ0n) is 24.5. The lowest BCUT2D eigenvalue weighted by atomic mass is 10.1. The molecule has 0 unspecified atom stereocenters. The normalized spacial score (nSPS) is 13.9. The molecule has 1 saturated heterocycles. The highest BCUT2D eigenvalue weighted by atomic mass is 79.9. The molecule has 1 fully saturated rings. The van der Waals surface area contributed by atoms with E-state index in [1.807, 2.05) is 13.0 Å². The van der Waals surface area contributed by atoms with E-state index in [0.717, 1.165) is 11.3 Å². The highest BCUT2D eigenvalue weighted by Crippen LogP contribution is 2.38. The summed E-state index contributed by atoms with van der Waals surface area (Å²) in [6, 6.07) is 15.9. The van der Waals surface area contributed by atoms with Crippen LogP contribution in [0.2, 0.25) is 0 Å². The van der Waals surface area contributed by atoms with Gasteiger partial charge in [0.1, 0.15) is 5.57 Å². The minimum atomic E-state index is -0.893. The van der Waals surface area contributed by atoms with Crippen molar-refractivity contribution >= 4 is 57.1 Å². The van der Waals surface area contributed by atoms with E-state index in [2.05, 4.69) is 26.6 Å². The number of halogens is 1. The van der Waals surface area contributed by atoms with Gasteiger partial charge in [-0.2, -0.15) is 0 Å². The first-order valence-electron chi connectivity index (χ1n) is 14.0. The van der Waals surface area contributed by atoms with E-state index >= 15 is 0 Å². The van der Waals surface area contributed by atoms with Crippen LogP contribution >= 0.6 is 15.9 Å². The molecule has 230 valence electrons. The molecule has 0 saturated carbocycles. The van der Waals surface area contributed by atoms with E-state index in [4.69, 9.17) is 18.9 Å². The Morgan fingerprint density at radius 3 is 2.32 bits per heavy atom. The molecule has 2 N–H and O–H groups in total. The fourth-order valence-electron chi connectivity index (χ4n) is 4.22. The Bertz CT molecular complexity index is 1580. The van der Waals surface area contributed by atoms with Gasteiger partial charge in [-0.25, -0.2) is 9.69 Å². The number of barbiturate groups is 1. The number of para-hydroxylation sites is 1. The molecule has 1 aliphatic rings. The fraction of sp³-hybridized carbons (Fsp3) is 0.250. The quantitative estimate of drug-likeness (QED) is 0.175. The third-order valence-corrected chi connectivity index (χ3v) is 6.69. The Morgan fingerprint density at radius 2 is 1.61 bits per heavy atom. The van der Waals surface area contributed by atoms with Gasteiger partial charge in [-0.1, -0.05) is 25.1 Å². The number of nitrogens with zero attached hydrogens (tertiary/aromatic N) is 1. The molecule has 0 atom stereocenters. The number of carbonyl (C=O) groups excluding carboxylic acids is 4. The SMILES string of the molecule is CCCOc1ccc(N2C(=O)NC(=O)/C(=C\c3cc(Br)c(OCC(=O)Nc4ccccc4)c(OCC)c3)C2=O)cc1OCC. The van der Waals surface area contributed by atoms with Crippen LogP contribution < -0.4 is 34.5 Å². The smallest absolute Gasteiger partial charge is 0.335 e. The van der Waals surface area contributed by atoms with Crippen molar-refractivity contribution in [1.82, 2.24) is 5.32 Å². The molecular formula is C32H32BrN3O8. The van der Waals surface area contributed by atoms with Gasteiger partial charge in [-0.3, -0.25) is 19.7 Å². The Balaban J connectivity index is 1.60. The van der Waals surface area contributed by atoms with Crippen molar-refractivity contribution in [3.8, 4) is 23.0 Å². The highest BCUT2D eigenvalue weighted by Gasteiger charge is 2.37. The van der Waals surface area contributed by atoms with Crippen molar-refractivity contribution in [1.29, 1.82) is 0 Å². The van der Waals surface area contributed by atoms with E-state index in [1.54, 1.807) is 62.4 Å². The number of urea groups is 1. The van der Waals surface area contributed by atoms with E-state index in [9.17, 15) is 19.2 Å². The van der Waals surface area contributed by atoms with Crippen LogP contribution in [0.1, 0.15) is 32.8 Å². The Kier molecular flexibility index (Phi) is 11.0. The second-order valence-electron chi connectivity index (χ2n) is 9.34. The fourth-order valence-corrected chi connectivity index (χ4v) is 4.80. The van der Waals surface area contributed by atoms with Gasteiger partial charge in [0.25, 0.3) is 17.7 Å². The number of carbonyl (C=O) groups is 4. The molecule has 5 amide bonds. The third-order valence-electron chi connectivity index (χ3n) is 6.10. The van der Waals surface area contributed by atoms with Gasteiger partial charge in [0, 0.05) is 11.8 Å². The molecule has 11 nitrogen and oxygen atoms in total. The van der Waals surface area contributed by atoms with Crippen LogP contribution in [0.25, 0.3) is 6.08 Å². The Hall–Kier alpha value is -4.84. The third kappa shape index (κ3) is 7.75.